The lowest BCUT2D eigenvalue weighted by Gasteiger charge is -2.21. The van der Waals surface area contributed by atoms with E-state index in [0.29, 0.717) is 25.5 Å². The van der Waals surface area contributed by atoms with E-state index in [2.05, 4.69) is 15.3 Å². The number of aromatic amines is 1. The van der Waals surface area contributed by atoms with Crippen molar-refractivity contribution in [3.05, 3.63) is 30.1 Å². The van der Waals surface area contributed by atoms with Gasteiger partial charge in [0.2, 0.25) is 5.91 Å². The van der Waals surface area contributed by atoms with Gasteiger partial charge in [-0.3, -0.25) is 4.79 Å². The van der Waals surface area contributed by atoms with Gasteiger partial charge in [-0.1, -0.05) is 31.4 Å². The van der Waals surface area contributed by atoms with Crippen LogP contribution in [0.4, 0.5) is 0 Å². The standard InChI is InChI=1S/C19H27N3O2/c23-19(20-13-6-14-24-15-7-2-1-3-8-15)12-11-18-21-16-9-4-5-10-17(16)22-18/h4-5,9-10,15H,1-3,6-8,11-14H2,(H,20,23)(H,21,22). The first-order chi connectivity index (χ1) is 11.8. The molecule has 2 aromatic rings. The van der Waals surface area contributed by atoms with Crippen molar-refractivity contribution in [2.24, 2.45) is 0 Å². The number of fused-ring (bicyclic) bond motifs is 1. The van der Waals surface area contributed by atoms with Crippen LogP contribution in [0.1, 0.15) is 50.8 Å². The van der Waals surface area contributed by atoms with Crippen LogP contribution in [0, 0.1) is 0 Å². The maximum absolute atomic E-state index is 11.9. The summed E-state index contributed by atoms with van der Waals surface area (Å²) in [5, 5.41) is 2.96. The van der Waals surface area contributed by atoms with Crippen molar-refractivity contribution in [1.29, 1.82) is 0 Å². The highest BCUT2D eigenvalue weighted by molar-refractivity contribution is 5.77. The number of benzene rings is 1. The molecule has 0 radical (unpaired) electrons. The fourth-order valence-electron chi connectivity index (χ4n) is 3.23. The van der Waals surface area contributed by atoms with Crippen LogP contribution >= 0.6 is 0 Å². The van der Waals surface area contributed by atoms with E-state index in [1.54, 1.807) is 0 Å². The van der Waals surface area contributed by atoms with Gasteiger partial charge in [0.05, 0.1) is 17.1 Å². The van der Waals surface area contributed by atoms with Gasteiger partial charge in [0, 0.05) is 26.0 Å². The van der Waals surface area contributed by atoms with Crippen LogP contribution in [-0.2, 0) is 16.0 Å². The molecule has 5 heteroatoms. The van der Waals surface area contributed by atoms with Gasteiger partial charge in [0.1, 0.15) is 5.82 Å². The topological polar surface area (TPSA) is 67.0 Å². The number of nitrogens with one attached hydrogen (secondary N) is 2. The molecule has 1 aromatic heterocycles. The van der Waals surface area contributed by atoms with Crippen LogP contribution in [0.15, 0.2) is 24.3 Å². The summed E-state index contributed by atoms with van der Waals surface area (Å²) in [5.74, 6) is 0.945. The summed E-state index contributed by atoms with van der Waals surface area (Å²) >= 11 is 0. The van der Waals surface area contributed by atoms with Gasteiger partial charge in [-0.25, -0.2) is 4.98 Å². The lowest BCUT2D eigenvalue weighted by molar-refractivity contribution is -0.121. The minimum Gasteiger partial charge on any atom is -0.378 e. The molecule has 130 valence electrons. The molecule has 1 aliphatic rings. The Morgan fingerprint density at radius 1 is 1.25 bits per heavy atom. The number of aromatic nitrogens is 2. The summed E-state index contributed by atoms with van der Waals surface area (Å²) < 4.78 is 5.86. The first-order valence-corrected chi connectivity index (χ1v) is 9.13. The molecule has 0 aliphatic heterocycles. The molecule has 24 heavy (non-hydrogen) atoms. The van der Waals surface area contributed by atoms with Crippen LogP contribution in [-0.4, -0.2) is 35.1 Å². The molecule has 0 atom stereocenters. The third-order valence-corrected chi connectivity index (χ3v) is 4.58. The third-order valence-electron chi connectivity index (χ3n) is 4.58. The molecule has 0 spiro atoms. The van der Waals surface area contributed by atoms with Crippen LogP contribution in [0.3, 0.4) is 0 Å². The van der Waals surface area contributed by atoms with Crippen molar-refractivity contribution in [2.45, 2.75) is 57.5 Å². The SMILES string of the molecule is O=C(CCc1nc2ccccc2[nH]1)NCCCOC1CCCCC1. The molecule has 1 fully saturated rings. The molecule has 1 amide bonds. The average molecular weight is 329 g/mol. The number of nitrogens with zero attached hydrogens (tertiary/aromatic N) is 1. The summed E-state index contributed by atoms with van der Waals surface area (Å²) in [6, 6.07) is 7.92. The highest BCUT2D eigenvalue weighted by Gasteiger charge is 2.13. The monoisotopic (exact) mass is 329 g/mol. The van der Waals surface area contributed by atoms with E-state index in [4.69, 9.17) is 4.74 Å². The Labute approximate surface area is 143 Å². The average Bonchev–Trinajstić information content (AvgIpc) is 3.03. The summed E-state index contributed by atoms with van der Waals surface area (Å²) in [6.07, 6.45) is 8.76. The smallest absolute Gasteiger partial charge is 0.220 e. The zero-order valence-electron chi connectivity index (χ0n) is 14.2. The van der Waals surface area contributed by atoms with Crippen molar-refractivity contribution in [3.63, 3.8) is 0 Å². The predicted octanol–water partition coefficient (Wildman–Crippen LogP) is 3.35. The van der Waals surface area contributed by atoms with E-state index in [9.17, 15) is 4.79 Å². The second-order valence-electron chi connectivity index (χ2n) is 6.53. The molecule has 1 aromatic carbocycles. The van der Waals surface area contributed by atoms with E-state index < -0.39 is 0 Å². The zero-order valence-corrected chi connectivity index (χ0v) is 14.2. The fourth-order valence-corrected chi connectivity index (χ4v) is 3.23. The molecule has 0 unspecified atom stereocenters. The van der Waals surface area contributed by atoms with E-state index >= 15 is 0 Å². The zero-order chi connectivity index (χ0) is 16.6. The molecule has 5 nitrogen and oxygen atoms in total. The van der Waals surface area contributed by atoms with Gasteiger partial charge in [-0.2, -0.15) is 0 Å². The Balaban J connectivity index is 1.28. The molecular formula is C19H27N3O2. The van der Waals surface area contributed by atoms with E-state index in [1.807, 2.05) is 24.3 Å². The maximum Gasteiger partial charge on any atom is 0.220 e. The number of hydrogen-bond donors (Lipinski definition) is 2. The van der Waals surface area contributed by atoms with Crippen molar-refractivity contribution in [1.82, 2.24) is 15.3 Å². The summed E-state index contributed by atoms with van der Waals surface area (Å²) in [4.78, 5) is 19.6. The minimum absolute atomic E-state index is 0.0770. The third kappa shape index (κ3) is 5.06. The molecule has 1 saturated carbocycles. The van der Waals surface area contributed by atoms with E-state index in [0.717, 1.165) is 29.9 Å². The van der Waals surface area contributed by atoms with E-state index in [-0.39, 0.29) is 5.91 Å². The fraction of sp³-hybridized carbons (Fsp3) is 0.579. The molecular weight excluding hydrogens is 302 g/mol. The number of H-pyrrole nitrogens is 1. The lowest BCUT2D eigenvalue weighted by atomic mass is 9.98. The maximum atomic E-state index is 11.9. The predicted molar refractivity (Wildman–Crippen MR) is 94.9 cm³/mol. The number of imidazole rings is 1. The minimum atomic E-state index is 0.0770. The number of amides is 1. The van der Waals surface area contributed by atoms with E-state index in [1.165, 1.54) is 32.1 Å². The first-order valence-electron chi connectivity index (χ1n) is 9.13. The largest absolute Gasteiger partial charge is 0.378 e. The van der Waals surface area contributed by atoms with Crippen molar-refractivity contribution in [2.75, 3.05) is 13.2 Å². The van der Waals surface area contributed by atoms with Crippen LogP contribution in [0.5, 0.6) is 0 Å². The Bertz CT molecular complexity index is 614. The van der Waals surface area contributed by atoms with Gasteiger partial charge in [0.15, 0.2) is 0 Å². The second-order valence-corrected chi connectivity index (χ2v) is 6.53. The summed E-state index contributed by atoms with van der Waals surface area (Å²) in [7, 11) is 0. The first kappa shape index (κ1) is 17.0. The molecule has 2 N–H and O–H groups in total. The van der Waals surface area contributed by atoms with Crippen LogP contribution in [0.25, 0.3) is 11.0 Å². The number of carbonyl (C=O) groups excluding carboxylic acids is 1. The molecule has 3 rings (SSSR count). The molecule has 1 aliphatic carbocycles. The van der Waals surface area contributed by atoms with Gasteiger partial charge >= 0.3 is 0 Å². The van der Waals surface area contributed by atoms with Crippen molar-refractivity contribution >= 4 is 16.9 Å². The van der Waals surface area contributed by atoms with Gasteiger partial charge in [-0.15, -0.1) is 0 Å². The van der Waals surface area contributed by atoms with Crippen molar-refractivity contribution < 1.29 is 9.53 Å². The van der Waals surface area contributed by atoms with Crippen LogP contribution < -0.4 is 5.32 Å². The molecule has 1 heterocycles. The molecule has 0 bridgehead atoms. The van der Waals surface area contributed by atoms with Gasteiger partial charge < -0.3 is 15.0 Å². The van der Waals surface area contributed by atoms with Crippen LogP contribution in [0.2, 0.25) is 0 Å². The highest BCUT2D eigenvalue weighted by atomic mass is 16.5. The number of carbonyl (C=O) groups is 1. The van der Waals surface area contributed by atoms with Gasteiger partial charge in [-0.05, 0) is 31.4 Å². The number of aryl methyl sites for hydroxylation is 1. The Kier molecular flexibility index (Phi) is 6.24. The highest BCUT2D eigenvalue weighted by Crippen LogP contribution is 2.20. The number of ether oxygens (including phenoxy) is 1. The number of para-hydroxylation sites is 2. The Morgan fingerprint density at radius 3 is 2.92 bits per heavy atom. The summed E-state index contributed by atoms with van der Waals surface area (Å²) in [6.45, 7) is 1.43. The number of hydrogen-bond acceptors (Lipinski definition) is 3. The normalized spacial score (nSPS) is 15.7. The number of rotatable bonds is 8. The molecule has 0 saturated heterocycles. The quantitative estimate of drug-likeness (QED) is 0.730. The summed E-state index contributed by atoms with van der Waals surface area (Å²) in [5.41, 5.74) is 1.97. The lowest BCUT2D eigenvalue weighted by Crippen LogP contribution is -2.26. The van der Waals surface area contributed by atoms with Gasteiger partial charge in [0.25, 0.3) is 0 Å². The second kappa shape index (κ2) is 8.83. The van der Waals surface area contributed by atoms with Crippen molar-refractivity contribution in [3.8, 4) is 0 Å². The Morgan fingerprint density at radius 2 is 2.08 bits per heavy atom. The Hall–Kier alpha value is -1.88.